The van der Waals surface area contributed by atoms with Gasteiger partial charge in [-0.1, -0.05) is 6.07 Å². The summed E-state index contributed by atoms with van der Waals surface area (Å²) in [7, 11) is 1.69. The van der Waals surface area contributed by atoms with Crippen molar-refractivity contribution in [3.8, 4) is 0 Å². The van der Waals surface area contributed by atoms with Crippen molar-refractivity contribution in [2.24, 2.45) is 12.8 Å². The topological polar surface area (TPSA) is 48.0 Å². The summed E-state index contributed by atoms with van der Waals surface area (Å²) in [5, 5.41) is 0.436. The molecular weight excluding hydrogens is 195 g/mol. The molecule has 2 aromatic rings. The maximum Gasteiger partial charge on any atom is 0.265 e. The van der Waals surface area contributed by atoms with Gasteiger partial charge in [-0.2, -0.15) is 0 Å². The maximum atomic E-state index is 13.7. The van der Waals surface area contributed by atoms with E-state index in [0.717, 1.165) is 0 Å². The van der Waals surface area contributed by atoms with Crippen molar-refractivity contribution in [3.05, 3.63) is 35.3 Å². The monoisotopic (exact) mass is 206 g/mol. The summed E-state index contributed by atoms with van der Waals surface area (Å²) in [4.78, 5) is 11.1. The van der Waals surface area contributed by atoms with E-state index in [1.807, 2.05) is 0 Å². The van der Waals surface area contributed by atoms with Crippen molar-refractivity contribution in [1.82, 2.24) is 4.57 Å². The number of hydrogen-bond acceptors (Lipinski definition) is 1. The van der Waals surface area contributed by atoms with Crippen molar-refractivity contribution in [2.75, 3.05) is 0 Å². The molecule has 0 aliphatic carbocycles. The Bertz CT molecular complexity index is 557. The SMILES string of the molecule is Cc1ccc2c(cc(C(N)=O)n2C)c1F. The second-order valence-electron chi connectivity index (χ2n) is 3.58. The number of nitrogens with zero attached hydrogens (tertiary/aromatic N) is 1. The zero-order valence-electron chi connectivity index (χ0n) is 8.54. The predicted octanol–water partition coefficient (Wildman–Crippen LogP) is 1.72. The number of nitrogens with two attached hydrogens (primary N) is 1. The van der Waals surface area contributed by atoms with E-state index >= 15 is 0 Å². The van der Waals surface area contributed by atoms with Gasteiger partial charge in [0.15, 0.2) is 0 Å². The van der Waals surface area contributed by atoms with Gasteiger partial charge in [0.25, 0.3) is 5.91 Å². The minimum absolute atomic E-state index is 0.296. The molecular formula is C11H11FN2O. The Morgan fingerprint density at radius 3 is 2.73 bits per heavy atom. The first-order valence-electron chi connectivity index (χ1n) is 4.56. The van der Waals surface area contributed by atoms with Gasteiger partial charge in [-0.3, -0.25) is 4.79 Å². The lowest BCUT2D eigenvalue weighted by molar-refractivity contribution is 0.0993. The minimum atomic E-state index is -0.550. The largest absolute Gasteiger partial charge is 0.364 e. The highest BCUT2D eigenvalue weighted by molar-refractivity contribution is 5.98. The first-order valence-corrected chi connectivity index (χ1v) is 4.56. The molecule has 3 nitrogen and oxygen atoms in total. The second kappa shape index (κ2) is 3.08. The second-order valence-corrected chi connectivity index (χ2v) is 3.58. The normalized spacial score (nSPS) is 10.9. The van der Waals surface area contributed by atoms with E-state index in [1.54, 1.807) is 30.7 Å². The summed E-state index contributed by atoms with van der Waals surface area (Å²) in [5.41, 5.74) is 6.73. The molecule has 1 aromatic heterocycles. The molecule has 0 unspecified atom stereocenters. The Hall–Kier alpha value is -1.84. The molecule has 0 saturated heterocycles. The van der Waals surface area contributed by atoms with E-state index in [-0.39, 0.29) is 5.82 Å². The van der Waals surface area contributed by atoms with Crippen molar-refractivity contribution in [2.45, 2.75) is 6.92 Å². The zero-order chi connectivity index (χ0) is 11.2. The highest BCUT2D eigenvalue weighted by Gasteiger charge is 2.13. The van der Waals surface area contributed by atoms with Crippen LogP contribution in [-0.2, 0) is 7.05 Å². The molecule has 0 saturated carbocycles. The highest BCUT2D eigenvalue weighted by Crippen LogP contribution is 2.23. The van der Waals surface area contributed by atoms with Crippen LogP contribution < -0.4 is 5.73 Å². The number of halogens is 1. The van der Waals surface area contributed by atoms with Crippen LogP contribution in [0.2, 0.25) is 0 Å². The fraction of sp³-hybridized carbons (Fsp3) is 0.182. The average molecular weight is 206 g/mol. The average Bonchev–Trinajstić information content (AvgIpc) is 2.51. The number of primary amides is 1. The van der Waals surface area contributed by atoms with E-state index < -0.39 is 5.91 Å². The number of hydrogen-bond donors (Lipinski definition) is 1. The lowest BCUT2D eigenvalue weighted by Crippen LogP contribution is -2.14. The molecule has 0 atom stereocenters. The summed E-state index contributed by atoms with van der Waals surface area (Å²) < 4.78 is 15.3. The Labute approximate surface area is 86.3 Å². The standard InChI is InChI=1S/C11H11FN2O/c1-6-3-4-8-7(10(6)12)5-9(11(13)15)14(8)2/h3-5H,1-2H3,(H2,13,15). The third-order valence-electron chi connectivity index (χ3n) is 2.61. The van der Waals surface area contributed by atoms with E-state index in [1.165, 1.54) is 6.07 Å². The van der Waals surface area contributed by atoms with E-state index in [4.69, 9.17) is 5.73 Å². The number of aryl methyl sites for hydroxylation is 2. The van der Waals surface area contributed by atoms with E-state index in [2.05, 4.69) is 0 Å². The van der Waals surface area contributed by atoms with Crippen LogP contribution in [0.4, 0.5) is 4.39 Å². The Balaban J connectivity index is 2.88. The summed E-state index contributed by atoms with van der Waals surface area (Å²) >= 11 is 0. The van der Waals surface area contributed by atoms with Crippen LogP contribution in [0, 0.1) is 12.7 Å². The van der Waals surface area contributed by atoms with Gasteiger partial charge in [-0.05, 0) is 24.6 Å². The third kappa shape index (κ3) is 1.29. The van der Waals surface area contributed by atoms with Gasteiger partial charge in [0.05, 0.1) is 5.52 Å². The third-order valence-corrected chi connectivity index (χ3v) is 2.61. The molecule has 0 bridgehead atoms. The lowest BCUT2D eigenvalue weighted by atomic mass is 10.1. The van der Waals surface area contributed by atoms with Crippen LogP contribution in [0.15, 0.2) is 18.2 Å². The van der Waals surface area contributed by atoms with Crippen molar-refractivity contribution in [3.63, 3.8) is 0 Å². The molecule has 0 aliphatic rings. The lowest BCUT2D eigenvalue weighted by Gasteiger charge is -2.00. The van der Waals surface area contributed by atoms with Crippen LogP contribution in [-0.4, -0.2) is 10.5 Å². The van der Waals surface area contributed by atoms with Crippen molar-refractivity contribution >= 4 is 16.8 Å². The smallest absolute Gasteiger partial charge is 0.265 e. The van der Waals surface area contributed by atoms with Gasteiger partial charge in [0.2, 0.25) is 0 Å². The Morgan fingerprint density at radius 1 is 1.47 bits per heavy atom. The van der Waals surface area contributed by atoms with Gasteiger partial charge in [0, 0.05) is 12.4 Å². The molecule has 2 N–H and O–H groups in total. The molecule has 15 heavy (non-hydrogen) atoms. The van der Waals surface area contributed by atoms with Crippen LogP contribution in [0.3, 0.4) is 0 Å². The van der Waals surface area contributed by atoms with Gasteiger partial charge in [-0.15, -0.1) is 0 Å². The van der Waals surface area contributed by atoms with Crippen LogP contribution >= 0.6 is 0 Å². The van der Waals surface area contributed by atoms with Crippen LogP contribution in [0.1, 0.15) is 16.1 Å². The fourth-order valence-electron chi connectivity index (χ4n) is 1.72. The molecule has 1 aromatic carbocycles. The molecule has 2 rings (SSSR count). The quantitative estimate of drug-likeness (QED) is 0.758. The highest BCUT2D eigenvalue weighted by atomic mass is 19.1. The van der Waals surface area contributed by atoms with Crippen LogP contribution in [0.25, 0.3) is 10.9 Å². The number of carbonyl (C=O) groups is 1. The first kappa shape index (κ1) is 9.71. The van der Waals surface area contributed by atoms with Gasteiger partial charge >= 0.3 is 0 Å². The molecule has 0 aliphatic heterocycles. The maximum absolute atomic E-state index is 13.7. The van der Waals surface area contributed by atoms with Crippen molar-refractivity contribution in [1.29, 1.82) is 0 Å². The Kier molecular flexibility index (Phi) is 2.00. The molecule has 0 radical (unpaired) electrons. The summed E-state index contributed by atoms with van der Waals surface area (Å²) in [5.74, 6) is -0.846. The first-order chi connectivity index (χ1) is 7.02. The number of carbonyl (C=O) groups excluding carboxylic acids is 1. The molecule has 1 heterocycles. The predicted molar refractivity (Wildman–Crippen MR) is 56.1 cm³/mol. The molecule has 0 spiro atoms. The van der Waals surface area contributed by atoms with Gasteiger partial charge in [-0.25, -0.2) is 4.39 Å². The number of fused-ring (bicyclic) bond motifs is 1. The molecule has 0 fully saturated rings. The zero-order valence-corrected chi connectivity index (χ0v) is 8.54. The molecule has 4 heteroatoms. The summed E-state index contributed by atoms with van der Waals surface area (Å²) in [6, 6.07) is 4.95. The minimum Gasteiger partial charge on any atom is -0.364 e. The summed E-state index contributed by atoms with van der Waals surface area (Å²) in [6.45, 7) is 1.69. The molecule has 1 amide bonds. The number of rotatable bonds is 1. The van der Waals surface area contributed by atoms with Gasteiger partial charge < -0.3 is 10.3 Å². The summed E-state index contributed by atoms with van der Waals surface area (Å²) in [6.07, 6.45) is 0. The van der Waals surface area contributed by atoms with E-state index in [9.17, 15) is 9.18 Å². The van der Waals surface area contributed by atoms with Crippen LogP contribution in [0.5, 0.6) is 0 Å². The fourth-order valence-corrected chi connectivity index (χ4v) is 1.72. The number of amides is 1. The number of aromatic nitrogens is 1. The van der Waals surface area contributed by atoms with E-state index in [0.29, 0.717) is 22.2 Å². The molecule has 78 valence electrons. The Morgan fingerprint density at radius 2 is 2.13 bits per heavy atom. The van der Waals surface area contributed by atoms with Crippen molar-refractivity contribution < 1.29 is 9.18 Å². The van der Waals surface area contributed by atoms with Gasteiger partial charge in [0.1, 0.15) is 11.5 Å². The number of benzene rings is 1.